The molecule has 1 aromatic rings. The van der Waals surface area contributed by atoms with E-state index in [2.05, 4.69) is 5.32 Å². The van der Waals surface area contributed by atoms with Crippen LogP contribution in [-0.4, -0.2) is 24.7 Å². The quantitative estimate of drug-likeness (QED) is 0.894. The number of carbonyl (C=O) groups excluding carboxylic acids is 1. The van der Waals surface area contributed by atoms with Crippen molar-refractivity contribution < 1.29 is 13.9 Å². The second-order valence-corrected chi connectivity index (χ2v) is 6.02. The highest BCUT2D eigenvalue weighted by atomic mass is 19.1. The number of ether oxygens (including phenoxy) is 1. The van der Waals surface area contributed by atoms with Crippen LogP contribution in [0.5, 0.6) is 0 Å². The Morgan fingerprint density at radius 3 is 2.38 bits per heavy atom. The van der Waals surface area contributed by atoms with Crippen molar-refractivity contribution in [2.24, 2.45) is 11.7 Å². The van der Waals surface area contributed by atoms with Crippen molar-refractivity contribution in [1.82, 2.24) is 5.32 Å². The summed E-state index contributed by atoms with van der Waals surface area (Å²) in [5, 5.41) is 3.02. The first-order valence-corrected chi connectivity index (χ1v) is 7.35. The van der Waals surface area contributed by atoms with Crippen molar-refractivity contribution in [2.45, 2.75) is 38.3 Å². The first-order valence-electron chi connectivity index (χ1n) is 7.35. The summed E-state index contributed by atoms with van der Waals surface area (Å²) in [5.74, 6) is -0.260. The van der Waals surface area contributed by atoms with Gasteiger partial charge < -0.3 is 15.8 Å². The minimum absolute atomic E-state index is 0.158. The van der Waals surface area contributed by atoms with Gasteiger partial charge in [-0.1, -0.05) is 26.0 Å². The van der Waals surface area contributed by atoms with Crippen molar-refractivity contribution in [2.75, 3.05) is 13.2 Å². The number of rotatable bonds is 4. The molecule has 1 atom stereocenters. The molecule has 2 rings (SSSR count). The second kappa shape index (κ2) is 6.54. The lowest BCUT2D eigenvalue weighted by atomic mass is 9.88. The van der Waals surface area contributed by atoms with Crippen molar-refractivity contribution in [1.29, 1.82) is 0 Å². The number of carbonyl (C=O) groups is 1. The molecule has 3 N–H and O–H groups in total. The van der Waals surface area contributed by atoms with Crippen LogP contribution in [0.2, 0.25) is 0 Å². The maximum atomic E-state index is 13.0. The molecular formula is C16H23FN2O2. The number of halogens is 1. The molecule has 1 fully saturated rings. The fourth-order valence-corrected chi connectivity index (χ4v) is 2.55. The number of hydrogen-bond acceptors (Lipinski definition) is 3. The van der Waals surface area contributed by atoms with Crippen LogP contribution in [0.15, 0.2) is 24.3 Å². The van der Waals surface area contributed by atoms with E-state index < -0.39 is 5.54 Å². The zero-order valence-electron chi connectivity index (χ0n) is 12.6. The molecule has 1 aliphatic rings. The molecule has 0 radical (unpaired) electrons. The lowest BCUT2D eigenvalue weighted by Crippen LogP contribution is -2.57. The number of amides is 1. The molecule has 0 spiro atoms. The molecule has 1 saturated heterocycles. The van der Waals surface area contributed by atoms with Crippen LogP contribution >= 0.6 is 0 Å². The molecule has 0 aromatic heterocycles. The number of nitrogens with one attached hydrogen (secondary N) is 1. The number of hydrogen-bond donors (Lipinski definition) is 2. The zero-order valence-corrected chi connectivity index (χ0v) is 12.6. The van der Waals surface area contributed by atoms with E-state index in [0.29, 0.717) is 26.1 Å². The Bertz CT molecular complexity index is 482. The van der Waals surface area contributed by atoms with Gasteiger partial charge in [-0.15, -0.1) is 0 Å². The first-order chi connectivity index (χ1) is 9.92. The molecule has 21 heavy (non-hydrogen) atoms. The largest absolute Gasteiger partial charge is 0.381 e. The van der Waals surface area contributed by atoms with E-state index in [-0.39, 0.29) is 23.7 Å². The fourth-order valence-electron chi connectivity index (χ4n) is 2.55. The van der Waals surface area contributed by atoms with Crippen molar-refractivity contribution >= 4 is 5.91 Å². The van der Waals surface area contributed by atoms with Gasteiger partial charge in [-0.25, -0.2) is 4.39 Å². The number of benzene rings is 1. The summed E-state index contributed by atoms with van der Waals surface area (Å²) >= 11 is 0. The van der Waals surface area contributed by atoms with Crippen LogP contribution < -0.4 is 11.1 Å². The van der Waals surface area contributed by atoms with E-state index in [1.54, 1.807) is 12.1 Å². The third-order valence-electron chi connectivity index (χ3n) is 4.02. The molecule has 1 unspecified atom stereocenters. The van der Waals surface area contributed by atoms with Gasteiger partial charge in [0, 0.05) is 13.2 Å². The Balaban J connectivity index is 2.12. The lowest BCUT2D eigenvalue weighted by molar-refractivity contribution is -0.130. The molecule has 4 nitrogen and oxygen atoms in total. The summed E-state index contributed by atoms with van der Waals surface area (Å²) in [4.78, 5) is 12.5. The fraction of sp³-hybridized carbons (Fsp3) is 0.562. The van der Waals surface area contributed by atoms with Gasteiger partial charge in [-0.05, 0) is 36.5 Å². The molecule has 1 amide bonds. The summed E-state index contributed by atoms with van der Waals surface area (Å²) in [7, 11) is 0. The van der Waals surface area contributed by atoms with Gasteiger partial charge in [0.05, 0.1) is 11.6 Å². The van der Waals surface area contributed by atoms with E-state index >= 15 is 0 Å². The topological polar surface area (TPSA) is 64.4 Å². The Hall–Kier alpha value is -1.46. The highest BCUT2D eigenvalue weighted by Gasteiger charge is 2.37. The van der Waals surface area contributed by atoms with E-state index in [1.165, 1.54) is 12.1 Å². The smallest absolute Gasteiger partial charge is 0.240 e. The van der Waals surface area contributed by atoms with Gasteiger partial charge in [0.15, 0.2) is 0 Å². The Morgan fingerprint density at radius 1 is 1.29 bits per heavy atom. The average molecular weight is 294 g/mol. The van der Waals surface area contributed by atoms with E-state index in [9.17, 15) is 9.18 Å². The zero-order chi connectivity index (χ0) is 15.5. The highest BCUT2D eigenvalue weighted by Crippen LogP contribution is 2.25. The van der Waals surface area contributed by atoms with Crippen molar-refractivity contribution in [3.63, 3.8) is 0 Å². The van der Waals surface area contributed by atoms with Gasteiger partial charge in [0.2, 0.25) is 5.91 Å². The molecule has 1 aliphatic heterocycles. The minimum atomic E-state index is -0.870. The summed E-state index contributed by atoms with van der Waals surface area (Å²) in [6, 6.07) is 6.04. The molecule has 116 valence electrons. The van der Waals surface area contributed by atoms with Crippen LogP contribution in [-0.2, 0) is 9.53 Å². The van der Waals surface area contributed by atoms with Crippen molar-refractivity contribution in [3.8, 4) is 0 Å². The Labute approximate surface area is 124 Å². The van der Waals surface area contributed by atoms with Crippen LogP contribution in [0.3, 0.4) is 0 Å². The minimum Gasteiger partial charge on any atom is -0.381 e. The van der Waals surface area contributed by atoms with E-state index in [0.717, 1.165) is 5.56 Å². The summed E-state index contributed by atoms with van der Waals surface area (Å²) in [5.41, 5.74) is 6.22. The SMILES string of the molecule is CC(C)C(NC(=O)C1(N)CCOCC1)c1ccc(F)cc1. The molecule has 1 heterocycles. The molecule has 0 aliphatic carbocycles. The van der Waals surface area contributed by atoms with Gasteiger partial charge in [0.1, 0.15) is 5.82 Å². The Morgan fingerprint density at radius 2 is 1.86 bits per heavy atom. The monoisotopic (exact) mass is 294 g/mol. The van der Waals surface area contributed by atoms with Gasteiger partial charge >= 0.3 is 0 Å². The maximum Gasteiger partial charge on any atom is 0.240 e. The first kappa shape index (κ1) is 15.9. The highest BCUT2D eigenvalue weighted by molar-refractivity contribution is 5.86. The number of nitrogens with two attached hydrogens (primary N) is 1. The molecule has 0 bridgehead atoms. The molecule has 5 heteroatoms. The Kier molecular flexibility index (Phi) is 4.96. The summed E-state index contributed by atoms with van der Waals surface area (Å²) in [6.07, 6.45) is 1.04. The predicted octanol–water partition coefficient (Wildman–Crippen LogP) is 2.15. The molecule has 0 saturated carbocycles. The van der Waals surface area contributed by atoms with E-state index in [4.69, 9.17) is 10.5 Å². The van der Waals surface area contributed by atoms with Crippen molar-refractivity contribution in [3.05, 3.63) is 35.6 Å². The maximum absolute atomic E-state index is 13.0. The standard InChI is InChI=1S/C16H23FN2O2/c1-11(2)14(12-3-5-13(17)6-4-12)19-15(20)16(18)7-9-21-10-8-16/h3-6,11,14H,7-10,18H2,1-2H3,(H,19,20). The van der Waals surface area contributed by atoms with E-state index in [1.807, 2.05) is 13.8 Å². The molecular weight excluding hydrogens is 271 g/mol. The van der Waals surface area contributed by atoms with Crippen LogP contribution in [0.1, 0.15) is 38.3 Å². The average Bonchev–Trinajstić information content (AvgIpc) is 2.46. The van der Waals surface area contributed by atoms with Gasteiger partial charge in [-0.2, -0.15) is 0 Å². The third-order valence-corrected chi connectivity index (χ3v) is 4.02. The molecule has 1 aromatic carbocycles. The summed E-state index contributed by atoms with van der Waals surface area (Å²) < 4.78 is 18.3. The second-order valence-electron chi connectivity index (χ2n) is 6.02. The van der Waals surface area contributed by atoms with Gasteiger partial charge in [-0.3, -0.25) is 4.79 Å². The normalized spacial score (nSPS) is 19.3. The van der Waals surface area contributed by atoms with Gasteiger partial charge in [0.25, 0.3) is 0 Å². The predicted molar refractivity (Wildman–Crippen MR) is 79.1 cm³/mol. The summed E-state index contributed by atoms with van der Waals surface area (Å²) in [6.45, 7) is 5.04. The lowest BCUT2D eigenvalue weighted by Gasteiger charge is -2.34. The van der Waals surface area contributed by atoms with Crippen LogP contribution in [0, 0.1) is 11.7 Å². The third kappa shape index (κ3) is 3.80. The van der Waals surface area contributed by atoms with Crippen LogP contribution in [0.4, 0.5) is 4.39 Å². The van der Waals surface area contributed by atoms with Crippen LogP contribution in [0.25, 0.3) is 0 Å².